The number of carbonyl (C=O) groups excluding carboxylic acids is 1. The second-order valence-electron chi connectivity index (χ2n) is 6.58. The molecule has 1 heterocycles. The second kappa shape index (κ2) is 10.1. The normalized spacial score (nSPS) is 15.2. The Morgan fingerprint density at radius 3 is 2.46 bits per heavy atom. The third kappa shape index (κ3) is 5.04. The zero-order valence-electron chi connectivity index (χ0n) is 16.4. The van der Waals surface area contributed by atoms with Gasteiger partial charge in [0.25, 0.3) is 5.91 Å². The summed E-state index contributed by atoms with van der Waals surface area (Å²) >= 11 is 1.66. The average Bonchev–Trinajstić information content (AvgIpc) is 3.04. The minimum Gasteiger partial charge on any atom is -0.497 e. The van der Waals surface area contributed by atoms with Gasteiger partial charge in [-0.15, -0.1) is 0 Å². The first-order valence-corrected chi connectivity index (χ1v) is 10.7. The topological polar surface area (TPSA) is 41.9 Å². The van der Waals surface area contributed by atoms with Crippen LogP contribution in [0.4, 0.5) is 5.69 Å². The lowest BCUT2D eigenvalue weighted by atomic mass is 10.2. The molecule has 0 fully saturated rings. The molecule has 3 rings (SSSR count). The second-order valence-corrected chi connectivity index (χ2v) is 7.64. The predicted molar refractivity (Wildman–Crippen MR) is 119 cm³/mol. The summed E-state index contributed by atoms with van der Waals surface area (Å²) in [5.41, 5.74) is 2.24. The molecule has 1 amide bonds. The Labute approximate surface area is 171 Å². The van der Waals surface area contributed by atoms with Crippen molar-refractivity contribution in [1.29, 1.82) is 0 Å². The molecular weight excluding hydrogens is 368 g/mol. The van der Waals surface area contributed by atoms with Crippen LogP contribution in [-0.2, 0) is 4.79 Å². The molecule has 0 unspecified atom stereocenters. The molecule has 0 N–H and O–H groups in total. The molecule has 0 saturated carbocycles. The quantitative estimate of drug-likeness (QED) is 0.423. The molecule has 146 valence electrons. The van der Waals surface area contributed by atoms with Crippen LogP contribution in [0.15, 0.2) is 65.3 Å². The molecule has 5 heteroatoms. The molecule has 0 bridgehead atoms. The Kier molecular flexibility index (Phi) is 7.31. The summed E-state index contributed by atoms with van der Waals surface area (Å²) in [6.45, 7) is 2.21. The lowest BCUT2D eigenvalue weighted by molar-refractivity contribution is -0.113. The van der Waals surface area contributed by atoms with Gasteiger partial charge in [0, 0.05) is 5.75 Å². The summed E-state index contributed by atoms with van der Waals surface area (Å²) in [6.07, 6.45) is 6.64. The monoisotopic (exact) mass is 394 g/mol. The van der Waals surface area contributed by atoms with E-state index in [1.54, 1.807) is 23.8 Å². The van der Waals surface area contributed by atoms with E-state index in [9.17, 15) is 4.79 Å². The number of thioether (sulfide) groups is 1. The molecule has 0 atom stereocenters. The molecule has 1 aliphatic heterocycles. The fraction of sp³-hybridized carbons (Fsp3) is 0.304. The van der Waals surface area contributed by atoms with Crippen LogP contribution in [0.2, 0.25) is 0 Å². The first kappa shape index (κ1) is 20.2. The van der Waals surface area contributed by atoms with Crippen molar-refractivity contribution >= 4 is 34.6 Å². The first-order valence-electron chi connectivity index (χ1n) is 9.69. The molecular formula is C23H26N2O2S. The molecule has 0 saturated heterocycles. The van der Waals surface area contributed by atoms with Crippen molar-refractivity contribution in [3.8, 4) is 5.75 Å². The summed E-state index contributed by atoms with van der Waals surface area (Å²) in [4.78, 5) is 19.5. The minimum atomic E-state index is -0.0851. The summed E-state index contributed by atoms with van der Waals surface area (Å²) in [6, 6.07) is 17.3. The Hall–Kier alpha value is -2.53. The maximum Gasteiger partial charge on any atom is 0.283 e. The predicted octanol–water partition coefficient (Wildman–Crippen LogP) is 5.75. The van der Waals surface area contributed by atoms with Gasteiger partial charge < -0.3 is 4.74 Å². The number of aliphatic imine (C=N–C) groups is 1. The highest BCUT2D eigenvalue weighted by atomic mass is 32.2. The van der Waals surface area contributed by atoms with Crippen LogP contribution in [-0.4, -0.2) is 23.9 Å². The summed E-state index contributed by atoms with van der Waals surface area (Å²) in [5.74, 6) is 1.67. The van der Waals surface area contributed by atoms with E-state index in [4.69, 9.17) is 4.74 Å². The highest BCUT2D eigenvalue weighted by molar-refractivity contribution is 8.14. The van der Waals surface area contributed by atoms with Crippen molar-refractivity contribution in [1.82, 2.24) is 0 Å². The molecule has 0 aliphatic carbocycles. The van der Waals surface area contributed by atoms with Gasteiger partial charge in [-0.05, 0) is 42.3 Å². The molecule has 0 radical (unpaired) electrons. The molecule has 28 heavy (non-hydrogen) atoms. The van der Waals surface area contributed by atoms with E-state index < -0.39 is 0 Å². The van der Waals surface area contributed by atoms with E-state index in [1.807, 2.05) is 60.7 Å². The zero-order valence-corrected chi connectivity index (χ0v) is 17.2. The molecule has 2 aromatic carbocycles. The summed E-state index contributed by atoms with van der Waals surface area (Å²) < 4.78 is 5.20. The number of amidine groups is 1. The number of nitrogens with zero attached hydrogens (tertiary/aromatic N) is 2. The minimum absolute atomic E-state index is 0.0851. The highest BCUT2D eigenvalue weighted by Crippen LogP contribution is 2.30. The molecule has 4 nitrogen and oxygen atoms in total. The van der Waals surface area contributed by atoms with Crippen LogP contribution in [0.1, 0.15) is 38.2 Å². The van der Waals surface area contributed by atoms with Crippen molar-refractivity contribution in [2.75, 3.05) is 17.8 Å². The number of methoxy groups -OCH3 is 1. The van der Waals surface area contributed by atoms with Crippen LogP contribution < -0.4 is 9.64 Å². The van der Waals surface area contributed by atoms with Gasteiger partial charge in [-0.1, -0.05) is 68.3 Å². The number of amides is 1. The van der Waals surface area contributed by atoms with Gasteiger partial charge in [0.05, 0.1) is 12.8 Å². The fourth-order valence-electron chi connectivity index (χ4n) is 2.95. The number of unbranched alkanes of at least 4 members (excludes halogenated alkanes) is 3. The molecule has 1 aliphatic rings. The summed E-state index contributed by atoms with van der Waals surface area (Å²) in [7, 11) is 1.64. The first-order chi connectivity index (χ1) is 13.7. The van der Waals surface area contributed by atoms with Crippen molar-refractivity contribution in [2.45, 2.75) is 32.6 Å². The summed E-state index contributed by atoms with van der Waals surface area (Å²) in [5, 5.41) is 0.757. The third-order valence-corrected chi connectivity index (χ3v) is 5.52. The van der Waals surface area contributed by atoms with Crippen LogP contribution >= 0.6 is 11.8 Å². The van der Waals surface area contributed by atoms with E-state index in [-0.39, 0.29) is 5.91 Å². The number of carbonyl (C=O) groups is 1. The van der Waals surface area contributed by atoms with E-state index >= 15 is 0 Å². The number of ether oxygens (including phenoxy) is 1. The van der Waals surface area contributed by atoms with Gasteiger partial charge in [-0.25, -0.2) is 4.99 Å². The highest BCUT2D eigenvalue weighted by Gasteiger charge is 2.31. The van der Waals surface area contributed by atoms with Gasteiger partial charge in [-0.2, -0.15) is 0 Å². The van der Waals surface area contributed by atoms with E-state index in [1.165, 1.54) is 19.3 Å². The van der Waals surface area contributed by atoms with E-state index in [0.717, 1.165) is 34.3 Å². The van der Waals surface area contributed by atoms with E-state index in [2.05, 4.69) is 11.9 Å². The van der Waals surface area contributed by atoms with Crippen LogP contribution in [0.3, 0.4) is 0 Å². The zero-order chi connectivity index (χ0) is 19.8. The maximum absolute atomic E-state index is 13.1. The maximum atomic E-state index is 13.1. The van der Waals surface area contributed by atoms with Gasteiger partial charge >= 0.3 is 0 Å². The Morgan fingerprint density at radius 1 is 1.04 bits per heavy atom. The number of para-hydroxylation sites is 1. The fourth-order valence-corrected chi connectivity index (χ4v) is 3.96. The largest absolute Gasteiger partial charge is 0.497 e. The van der Waals surface area contributed by atoms with Gasteiger partial charge in [0.2, 0.25) is 0 Å². The third-order valence-electron chi connectivity index (χ3n) is 4.49. The molecule has 0 aromatic heterocycles. The average molecular weight is 395 g/mol. The van der Waals surface area contributed by atoms with Crippen LogP contribution in [0, 0.1) is 0 Å². The van der Waals surface area contributed by atoms with Gasteiger partial charge in [-0.3, -0.25) is 9.69 Å². The molecule has 2 aromatic rings. The molecule has 0 spiro atoms. The number of hydrogen-bond donors (Lipinski definition) is 0. The number of anilines is 1. The smallest absolute Gasteiger partial charge is 0.283 e. The Balaban J connectivity index is 1.82. The van der Waals surface area contributed by atoms with Crippen molar-refractivity contribution in [3.63, 3.8) is 0 Å². The van der Waals surface area contributed by atoms with Crippen LogP contribution in [0.5, 0.6) is 5.75 Å². The van der Waals surface area contributed by atoms with E-state index in [0.29, 0.717) is 5.70 Å². The lowest BCUT2D eigenvalue weighted by Gasteiger charge is -2.17. The number of hydrogen-bond acceptors (Lipinski definition) is 4. The van der Waals surface area contributed by atoms with Crippen molar-refractivity contribution < 1.29 is 9.53 Å². The Morgan fingerprint density at radius 2 is 1.79 bits per heavy atom. The van der Waals surface area contributed by atoms with Crippen molar-refractivity contribution in [3.05, 3.63) is 65.9 Å². The number of benzene rings is 2. The van der Waals surface area contributed by atoms with Gasteiger partial charge in [0.15, 0.2) is 5.17 Å². The van der Waals surface area contributed by atoms with Crippen LogP contribution in [0.25, 0.3) is 6.08 Å². The number of rotatable bonds is 8. The lowest BCUT2D eigenvalue weighted by Crippen LogP contribution is -2.30. The standard InChI is InChI=1S/C23H26N2O2S/c1-3-4-5-9-16-28-23-24-21(17-18-12-14-20(27-2)15-13-18)22(26)25(23)19-10-7-6-8-11-19/h6-8,10-15,17H,3-5,9,16H2,1-2H3/b21-17-. The van der Waals surface area contributed by atoms with Gasteiger partial charge in [0.1, 0.15) is 11.4 Å². The van der Waals surface area contributed by atoms with Crippen molar-refractivity contribution in [2.24, 2.45) is 4.99 Å². The Bertz CT molecular complexity index is 845. The SMILES string of the molecule is CCCCCCSC1=N/C(=C\c2ccc(OC)cc2)C(=O)N1c1ccccc1.